The first kappa shape index (κ1) is 26.1. The quantitative estimate of drug-likeness (QED) is 0.129. The van der Waals surface area contributed by atoms with E-state index in [2.05, 4.69) is 27.9 Å². The van der Waals surface area contributed by atoms with Gasteiger partial charge in [0.25, 0.3) is 0 Å². The lowest BCUT2D eigenvalue weighted by Crippen LogP contribution is -2.26. The fourth-order valence-corrected chi connectivity index (χ4v) is 6.27. The number of ketones is 1. The zero-order valence-corrected chi connectivity index (χ0v) is 22.2. The maximum atomic E-state index is 12.6. The minimum absolute atomic E-state index is 0.140. The lowest BCUT2D eigenvalue weighted by Gasteiger charge is -2.23. The highest BCUT2D eigenvalue weighted by atomic mass is 127. The Morgan fingerprint density at radius 1 is 0.931 bits per heavy atom. The van der Waals surface area contributed by atoms with Gasteiger partial charge in [0.1, 0.15) is 6.61 Å². The van der Waals surface area contributed by atoms with E-state index < -0.39 is 36.4 Å². The van der Waals surface area contributed by atoms with Crippen LogP contribution in [0.1, 0.15) is 32.4 Å². The van der Waals surface area contributed by atoms with Gasteiger partial charge in [0.05, 0.1) is 14.9 Å². The first-order valence-electron chi connectivity index (χ1n) is 8.13. The van der Waals surface area contributed by atoms with Gasteiger partial charge in [-0.05, 0) is 67.8 Å². The van der Waals surface area contributed by atoms with Crippen molar-refractivity contribution in [3.05, 3.63) is 16.3 Å². The van der Waals surface area contributed by atoms with E-state index >= 15 is 0 Å². The van der Waals surface area contributed by atoms with Crippen molar-refractivity contribution in [1.29, 1.82) is 0 Å². The smallest absolute Gasteiger partial charge is 0.303 e. The molecule has 9 nitrogen and oxygen atoms in total. The Labute approximate surface area is 208 Å². The van der Waals surface area contributed by atoms with Gasteiger partial charge in [-0.3, -0.25) is 19.2 Å². The molecule has 3 N–H and O–H groups in total. The van der Waals surface area contributed by atoms with Crippen molar-refractivity contribution < 1.29 is 33.4 Å². The van der Waals surface area contributed by atoms with Crippen molar-refractivity contribution >= 4 is 103 Å². The molecule has 0 aliphatic carbocycles. The van der Waals surface area contributed by atoms with E-state index in [0.29, 0.717) is 34.2 Å². The second-order valence-electron chi connectivity index (χ2n) is 5.65. The number of Topliss-reactive ketones (excluding diaryl/α,β-unsaturated/α-hetero) is 1. The van der Waals surface area contributed by atoms with Crippen LogP contribution in [0.25, 0.3) is 0 Å². The largest absolute Gasteiger partial charge is 0.464 e. The van der Waals surface area contributed by atoms with E-state index in [4.69, 9.17) is 19.9 Å². The second kappa shape index (κ2) is 12.1. The highest BCUT2D eigenvalue weighted by Gasteiger charge is 2.32. The summed E-state index contributed by atoms with van der Waals surface area (Å²) in [6, 6.07) is 0. The lowest BCUT2D eigenvalue weighted by atomic mass is 10.0. The molecule has 1 aromatic carbocycles. The molecule has 1 rings (SSSR count). The first-order valence-corrected chi connectivity index (χ1v) is 11.4. The predicted molar refractivity (Wildman–Crippen MR) is 130 cm³/mol. The van der Waals surface area contributed by atoms with E-state index in [1.165, 1.54) is 20.8 Å². The molecule has 160 valence electrons. The number of esters is 3. The summed E-state index contributed by atoms with van der Waals surface area (Å²) >= 11 is 6.07. The van der Waals surface area contributed by atoms with Crippen molar-refractivity contribution in [2.24, 2.45) is 0 Å². The molecule has 0 fully saturated rings. The standard InChI is InChI=1S/C17H19I3N2O7/c1-7(23)27-5-4-22-16-13(19)11(12(18)15(21)14(16)20)17(29-9(3)25)10(26)6-28-8(2)24/h17,22H,4-6,21H2,1-3H3. The Kier molecular flexibility index (Phi) is 10.9. The van der Waals surface area contributed by atoms with E-state index in [-0.39, 0.29) is 6.61 Å². The highest BCUT2D eigenvalue weighted by Crippen LogP contribution is 2.41. The van der Waals surface area contributed by atoms with Crippen LogP contribution >= 0.6 is 67.8 Å². The molecule has 12 heteroatoms. The van der Waals surface area contributed by atoms with Crippen LogP contribution in [0.4, 0.5) is 11.4 Å². The molecule has 0 bridgehead atoms. The number of rotatable bonds is 9. The molecule has 29 heavy (non-hydrogen) atoms. The van der Waals surface area contributed by atoms with Crippen molar-refractivity contribution in [3.63, 3.8) is 0 Å². The van der Waals surface area contributed by atoms with Crippen LogP contribution in [0.2, 0.25) is 0 Å². The van der Waals surface area contributed by atoms with E-state index in [0.717, 1.165) is 0 Å². The zero-order valence-electron chi connectivity index (χ0n) is 15.8. The van der Waals surface area contributed by atoms with Crippen LogP contribution in [-0.4, -0.2) is 43.4 Å². The summed E-state index contributed by atoms with van der Waals surface area (Å²) in [5.41, 5.74) is 7.62. The minimum atomic E-state index is -1.29. The molecule has 1 atom stereocenters. The summed E-state index contributed by atoms with van der Waals surface area (Å²) < 4.78 is 16.8. The number of hydrogen-bond acceptors (Lipinski definition) is 9. The average Bonchev–Trinajstić information content (AvgIpc) is 2.62. The van der Waals surface area contributed by atoms with Gasteiger partial charge in [0.2, 0.25) is 5.78 Å². The molecule has 1 unspecified atom stereocenters. The van der Waals surface area contributed by atoms with Gasteiger partial charge in [-0.25, -0.2) is 0 Å². The third-order valence-corrected chi connectivity index (χ3v) is 6.75. The number of carbonyl (C=O) groups is 4. The monoisotopic (exact) mass is 744 g/mol. The van der Waals surface area contributed by atoms with Crippen molar-refractivity contribution in [2.45, 2.75) is 26.9 Å². The molecular formula is C17H19I3N2O7. The van der Waals surface area contributed by atoms with E-state index in [1.807, 2.05) is 45.2 Å². The average molecular weight is 744 g/mol. The number of nitrogens with one attached hydrogen (secondary N) is 1. The highest BCUT2D eigenvalue weighted by molar-refractivity contribution is 14.1. The maximum absolute atomic E-state index is 12.6. The van der Waals surface area contributed by atoms with Gasteiger partial charge in [0.15, 0.2) is 12.7 Å². The van der Waals surface area contributed by atoms with Crippen LogP contribution in [0.15, 0.2) is 0 Å². The summed E-state index contributed by atoms with van der Waals surface area (Å²) in [5.74, 6) is -2.29. The molecule has 0 saturated carbocycles. The summed E-state index contributed by atoms with van der Waals surface area (Å²) in [6.45, 7) is 3.58. The SMILES string of the molecule is CC(=O)OCCNc1c(I)c(N)c(I)c(C(OC(C)=O)C(=O)COC(C)=O)c1I. The fourth-order valence-electron chi connectivity index (χ4n) is 2.16. The van der Waals surface area contributed by atoms with Gasteiger partial charge >= 0.3 is 17.9 Å². The first-order chi connectivity index (χ1) is 13.5. The summed E-state index contributed by atoms with van der Waals surface area (Å²) in [7, 11) is 0. The number of halogens is 3. The third kappa shape index (κ3) is 7.69. The zero-order chi connectivity index (χ0) is 22.3. The molecule has 0 aliphatic heterocycles. The molecule has 0 aromatic heterocycles. The molecule has 0 aliphatic rings. The number of carbonyl (C=O) groups excluding carboxylic acids is 4. The van der Waals surface area contributed by atoms with Crippen LogP contribution < -0.4 is 11.1 Å². The van der Waals surface area contributed by atoms with Crippen LogP contribution in [0, 0.1) is 10.7 Å². The number of hydrogen-bond donors (Lipinski definition) is 2. The number of nitrogen functional groups attached to an aromatic ring is 1. The molecule has 0 amide bonds. The lowest BCUT2D eigenvalue weighted by molar-refractivity contribution is -0.157. The normalized spacial score (nSPS) is 11.4. The summed E-state index contributed by atoms with van der Waals surface area (Å²) in [6.07, 6.45) is -1.29. The topological polar surface area (TPSA) is 134 Å². The minimum Gasteiger partial charge on any atom is -0.464 e. The van der Waals surface area contributed by atoms with Gasteiger partial charge in [-0.1, -0.05) is 0 Å². The Hall–Kier alpha value is -0.910. The molecule has 0 radical (unpaired) electrons. The molecular weight excluding hydrogens is 725 g/mol. The van der Waals surface area contributed by atoms with Crippen LogP contribution in [0.5, 0.6) is 0 Å². The van der Waals surface area contributed by atoms with E-state index in [1.54, 1.807) is 0 Å². The van der Waals surface area contributed by atoms with Crippen molar-refractivity contribution in [2.75, 3.05) is 30.8 Å². The Morgan fingerprint density at radius 3 is 2.03 bits per heavy atom. The summed E-state index contributed by atoms with van der Waals surface area (Å²) in [5, 5.41) is 3.13. The van der Waals surface area contributed by atoms with Gasteiger partial charge in [-0.2, -0.15) is 0 Å². The molecule has 0 heterocycles. The Bertz CT molecular complexity index is 830. The van der Waals surface area contributed by atoms with Gasteiger partial charge in [0, 0.05) is 40.0 Å². The number of nitrogens with two attached hydrogens (primary N) is 1. The second-order valence-corrected chi connectivity index (χ2v) is 8.88. The predicted octanol–water partition coefficient (Wildman–Crippen LogP) is 2.79. The van der Waals surface area contributed by atoms with Crippen LogP contribution in [0.3, 0.4) is 0 Å². The number of anilines is 2. The van der Waals surface area contributed by atoms with Crippen LogP contribution in [-0.2, 0) is 33.4 Å². The summed E-state index contributed by atoms with van der Waals surface area (Å²) in [4.78, 5) is 46.3. The van der Waals surface area contributed by atoms with Gasteiger partial charge in [-0.15, -0.1) is 0 Å². The Balaban J connectivity index is 3.36. The fraction of sp³-hybridized carbons (Fsp3) is 0.412. The molecule has 0 spiro atoms. The number of ether oxygens (including phenoxy) is 3. The molecule has 1 aromatic rings. The maximum Gasteiger partial charge on any atom is 0.303 e. The van der Waals surface area contributed by atoms with Crippen molar-refractivity contribution in [1.82, 2.24) is 0 Å². The number of benzene rings is 1. The van der Waals surface area contributed by atoms with E-state index in [9.17, 15) is 19.2 Å². The Morgan fingerprint density at radius 2 is 1.52 bits per heavy atom. The third-order valence-electron chi connectivity index (χ3n) is 3.35. The van der Waals surface area contributed by atoms with Gasteiger partial charge < -0.3 is 25.3 Å². The van der Waals surface area contributed by atoms with Crippen molar-refractivity contribution in [3.8, 4) is 0 Å². The molecule has 0 saturated heterocycles.